The van der Waals surface area contributed by atoms with Crippen molar-refractivity contribution in [1.29, 1.82) is 0 Å². The molecule has 2 rings (SSSR count). The van der Waals surface area contributed by atoms with E-state index in [-0.39, 0.29) is 0 Å². The van der Waals surface area contributed by atoms with E-state index in [0.717, 1.165) is 5.56 Å². The highest BCUT2D eigenvalue weighted by molar-refractivity contribution is 5.64. The van der Waals surface area contributed by atoms with Crippen molar-refractivity contribution in [1.82, 2.24) is 0 Å². The van der Waals surface area contributed by atoms with Crippen molar-refractivity contribution >= 4 is 5.69 Å². The smallest absolute Gasteiger partial charge is 0.0394 e. The van der Waals surface area contributed by atoms with E-state index in [1.54, 1.807) is 0 Å². The van der Waals surface area contributed by atoms with Crippen LogP contribution < -0.4 is 5.73 Å². The molecule has 63 valence electrons. The summed E-state index contributed by atoms with van der Waals surface area (Å²) in [5, 5.41) is 0. The van der Waals surface area contributed by atoms with Crippen molar-refractivity contribution in [2.24, 2.45) is 0 Å². The summed E-state index contributed by atoms with van der Waals surface area (Å²) in [4.78, 5) is 0. The van der Waals surface area contributed by atoms with Gasteiger partial charge in [-0.3, -0.25) is 0 Å². The van der Waals surface area contributed by atoms with E-state index in [1.165, 1.54) is 5.56 Å². The molecule has 2 N–H and O–H groups in total. The van der Waals surface area contributed by atoms with Gasteiger partial charge in [-0.1, -0.05) is 36.4 Å². The van der Waals surface area contributed by atoms with E-state index in [9.17, 15) is 0 Å². The third-order valence-corrected chi connectivity index (χ3v) is 1.94. The number of anilines is 1. The van der Waals surface area contributed by atoms with Gasteiger partial charge in [-0.15, -0.1) is 0 Å². The summed E-state index contributed by atoms with van der Waals surface area (Å²) in [5.41, 5.74) is 8.57. The zero-order chi connectivity index (χ0) is 9.10. The van der Waals surface area contributed by atoms with Gasteiger partial charge in [0.2, 0.25) is 0 Å². The summed E-state index contributed by atoms with van der Waals surface area (Å²) in [6, 6.07) is 18.9. The van der Waals surface area contributed by atoms with Gasteiger partial charge >= 0.3 is 0 Å². The van der Waals surface area contributed by atoms with Gasteiger partial charge in [0, 0.05) is 11.8 Å². The number of hydrogen-bond acceptors (Lipinski definition) is 1. The molecule has 0 bridgehead atoms. The lowest BCUT2D eigenvalue weighted by Crippen LogP contribution is -1.83. The highest BCUT2D eigenvalue weighted by Crippen LogP contribution is 2.19. The van der Waals surface area contributed by atoms with Crippen LogP contribution in [-0.2, 0) is 0 Å². The molecule has 0 aromatic heterocycles. The molecule has 0 amide bonds. The maximum Gasteiger partial charge on any atom is 0.0394 e. The number of nitrogens with two attached hydrogens (primary N) is 1. The first-order valence-corrected chi connectivity index (χ1v) is 4.19. The Balaban J connectivity index is 2.42. The molecule has 0 saturated carbocycles. The fourth-order valence-corrected chi connectivity index (χ4v) is 1.25. The van der Waals surface area contributed by atoms with Gasteiger partial charge < -0.3 is 5.73 Å². The van der Waals surface area contributed by atoms with Gasteiger partial charge in [-0.2, -0.15) is 0 Å². The maximum absolute atomic E-state index is 5.55. The Labute approximate surface area is 77.8 Å². The lowest BCUT2D eigenvalue weighted by molar-refractivity contribution is 1.61. The average molecular weight is 168 g/mol. The van der Waals surface area contributed by atoms with Gasteiger partial charge in [0.05, 0.1) is 0 Å². The van der Waals surface area contributed by atoms with Crippen molar-refractivity contribution in [3.05, 3.63) is 54.6 Å². The Morgan fingerprint density at radius 3 is 2.23 bits per heavy atom. The van der Waals surface area contributed by atoms with Crippen molar-refractivity contribution in [3.8, 4) is 11.1 Å². The van der Waals surface area contributed by atoms with Crippen LogP contribution in [0.5, 0.6) is 0 Å². The van der Waals surface area contributed by atoms with E-state index in [1.807, 2.05) is 36.4 Å². The van der Waals surface area contributed by atoms with E-state index < -0.39 is 0 Å². The second kappa shape index (κ2) is 3.31. The molecule has 1 nitrogen and oxygen atoms in total. The minimum absolute atomic E-state index is 0.680. The molecule has 0 saturated heterocycles. The maximum atomic E-state index is 5.55. The quantitative estimate of drug-likeness (QED) is 0.651. The van der Waals surface area contributed by atoms with Crippen LogP contribution in [0.1, 0.15) is 0 Å². The third kappa shape index (κ3) is 1.70. The lowest BCUT2D eigenvalue weighted by Gasteiger charge is -2.00. The molecule has 0 aliphatic heterocycles. The third-order valence-electron chi connectivity index (χ3n) is 1.94. The second-order valence-electron chi connectivity index (χ2n) is 2.90. The van der Waals surface area contributed by atoms with Crippen LogP contribution in [0.4, 0.5) is 5.69 Å². The normalized spacial score (nSPS) is 9.85. The molecule has 13 heavy (non-hydrogen) atoms. The second-order valence-corrected chi connectivity index (χ2v) is 2.90. The van der Waals surface area contributed by atoms with Gasteiger partial charge in [-0.25, -0.2) is 0 Å². The summed E-state index contributed by atoms with van der Waals surface area (Å²) in [6.45, 7) is 0. The molecule has 2 aromatic carbocycles. The predicted octanol–water partition coefficient (Wildman–Crippen LogP) is 2.74. The molecular formula is C12H10N. The largest absolute Gasteiger partial charge is 0.398 e. The fraction of sp³-hybridized carbons (Fsp3) is 0. The van der Waals surface area contributed by atoms with Crippen LogP contribution in [0.3, 0.4) is 0 Å². The minimum atomic E-state index is 0.680. The van der Waals surface area contributed by atoms with Crippen LogP contribution in [0.25, 0.3) is 11.1 Å². The highest BCUT2D eigenvalue weighted by Gasteiger charge is 1.94. The van der Waals surface area contributed by atoms with Gasteiger partial charge in [-0.05, 0) is 23.3 Å². The molecule has 0 spiro atoms. The summed E-state index contributed by atoms with van der Waals surface area (Å²) >= 11 is 0. The Morgan fingerprint density at radius 2 is 1.62 bits per heavy atom. The van der Waals surface area contributed by atoms with Crippen molar-refractivity contribution in [2.45, 2.75) is 0 Å². The molecule has 0 aliphatic rings. The predicted molar refractivity (Wildman–Crippen MR) is 55.1 cm³/mol. The first kappa shape index (κ1) is 7.87. The van der Waals surface area contributed by atoms with Crippen molar-refractivity contribution < 1.29 is 0 Å². The number of rotatable bonds is 1. The lowest BCUT2D eigenvalue weighted by atomic mass is 10.1. The first-order valence-electron chi connectivity index (χ1n) is 4.19. The molecule has 0 aliphatic carbocycles. The summed E-state index contributed by atoms with van der Waals surface area (Å²) in [7, 11) is 0. The number of benzene rings is 2. The van der Waals surface area contributed by atoms with Gasteiger partial charge in [0.15, 0.2) is 0 Å². The highest BCUT2D eigenvalue weighted by atomic mass is 14.5. The fourth-order valence-electron chi connectivity index (χ4n) is 1.25. The Bertz CT molecular complexity index is 376. The Kier molecular flexibility index (Phi) is 2.01. The molecule has 0 unspecified atom stereocenters. The first-order chi connectivity index (χ1) is 6.36. The van der Waals surface area contributed by atoms with Crippen molar-refractivity contribution in [3.63, 3.8) is 0 Å². The SMILES string of the molecule is Nc1[c]cc(-c2ccccc2)cc1. The molecule has 0 heterocycles. The van der Waals surface area contributed by atoms with Gasteiger partial charge in [0.1, 0.15) is 0 Å². The van der Waals surface area contributed by atoms with E-state index in [4.69, 9.17) is 5.73 Å². The summed E-state index contributed by atoms with van der Waals surface area (Å²) < 4.78 is 0. The molecule has 1 heteroatoms. The van der Waals surface area contributed by atoms with Crippen LogP contribution in [0.15, 0.2) is 48.5 Å². The van der Waals surface area contributed by atoms with Crippen LogP contribution >= 0.6 is 0 Å². The van der Waals surface area contributed by atoms with E-state index in [0.29, 0.717) is 5.69 Å². The molecular weight excluding hydrogens is 158 g/mol. The number of nitrogen functional groups attached to an aromatic ring is 1. The van der Waals surface area contributed by atoms with Crippen LogP contribution in [0, 0.1) is 6.07 Å². The topological polar surface area (TPSA) is 26.0 Å². The number of hydrogen-bond donors (Lipinski definition) is 1. The molecule has 0 atom stereocenters. The van der Waals surface area contributed by atoms with Crippen molar-refractivity contribution in [2.75, 3.05) is 5.73 Å². The van der Waals surface area contributed by atoms with Crippen LogP contribution in [-0.4, -0.2) is 0 Å². The molecule has 0 fully saturated rings. The summed E-state index contributed by atoms with van der Waals surface area (Å²) in [6.07, 6.45) is 0. The standard InChI is InChI=1S/C12H10N/c13-12-8-6-11(7-9-12)10-4-2-1-3-5-10/h1-8H,13H2. The Morgan fingerprint density at radius 1 is 0.846 bits per heavy atom. The zero-order valence-corrected chi connectivity index (χ0v) is 7.20. The zero-order valence-electron chi connectivity index (χ0n) is 7.20. The van der Waals surface area contributed by atoms with E-state index >= 15 is 0 Å². The minimum Gasteiger partial charge on any atom is -0.398 e. The average Bonchev–Trinajstić information content (AvgIpc) is 2.20. The summed E-state index contributed by atoms with van der Waals surface area (Å²) in [5.74, 6) is 0. The van der Waals surface area contributed by atoms with Gasteiger partial charge in [0.25, 0.3) is 0 Å². The molecule has 1 radical (unpaired) electrons. The van der Waals surface area contributed by atoms with E-state index in [2.05, 4.69) is 18.2 Å². The Hall–Kier alpha value is -1.76. The molecule has 2 aromatic rings. The monoisotopic (exact) mass is 168 g/mol. The van der Waals surface area contributed by atoms with Crippen LogP contribution in [0.2, 0.25) is 0 Å².